The van der Waals surface area contributed by atoms with Crippen molar-refractivity contribution in [1.29, 1.82) is 0 Å². The molecule has 0 aliphatic heterocycles. The minimum Gasteiger partial charge on any atom is -0.335 e. The first-order valence-corrected chi connectivity index (χ1v) is 6.92. The Balaban J connectivity index is 4.39. The molecule has 0 fully saturated rings. The molecular formula is C16H24N2O2. The van der Waals surface area contributed by atoms with Gasteiger partial charge in [-0.15, -0.1) is 6.42 Å². The van der Waals surface area contributed by atoms with Crippen LogP contribution in [0.3, 0.4) is 0 Å². The van der Waals surface area contributed by atoms with Crippen LogP contribution in [0.1, 0.15) is 26.7 Å². The SMILES string of the molecule is C#CC(=O)N(C/C=C/CN(CCC)C(=O)C=C)CCC. The van der Waals surface area contributed by atoms with Gasteiger partial charge in [-0.3, -0.25) is 9.59 Å². The number of hydrogen-bond donors (Lipinski definition) is 0. The summed E-state index contributed by atoms with van der Waals surface area (Å²) in [6.45, 7) is 9.81. The van der Waals surface area contributed by atoms with Gasteiger partial charge in [0.15, 0.2) is 0 Å². The molecule has 0 aromatic heterocycles. The van der Waals surface area contributed by atoms with E-state index in [0.717, 1.165) is 12.8 Å². The average Bonchev–Trinajstić information content (AvgIpc) is 2.47. The fourth-order valence-electron chi connectivity index (χ4n) is 1.73. The Morgan fingerprint density at radius 2 is 1.60 bits per heavy atom. The van der Waals surface area contributed by atoms with Crippen molar-refractivity contribution in [2.45, 2.75) is 26.7 Å². The summed E-state index contributed by atoms with van der Waals surface area (Å²) in [5, 5.41) is 0. The third-order valence-corrected chi connectivity index (χ3v) is 2.70. The van der Waals surface area contributed by atoms with Crippen LogP contribution in [0.2, 0.25) is 0 Å². The number of amides is 2. The van der Waals surface area contributed by atoms with Gasteiger partial charge in [0.05, 0.1) is 0 Å². The summed E-state index contributed by atoms with van der Waals surface area (Å²) in [4.78, 5) is 26.3. The molecule has 0 saturated heterocycles. The van der Waals surface area contributed by atoms with Gasteiger partial charge in [0.1, 0.15) is 0 Å². The summed E-state index contributed by atoms with van der Waals surface area (Å²) < 4.78 is 0. The van der Waals surface area contributed by atoms with E-state index in [1.165, 1.54) is 6.08 Å². The van der Waals surface area contributed by atoms with E-state index in [9.17, 15) is 9.59 Å². The van der Waals surface area contributed by atoms with E-state index >= 15 is 0 Å². The Hall–Kier alpha value is -2.02. The lowest BCUT2D eigenvalue weighted by Crippen LogP contribution is -2.32. The first kappa shape index (κ1) is 18.0. The third-order valence-electron chi connectivity index (χ3n) is 2.70. The van der Waals surface area contributed by atoms with E-state index in [1.54, 1.807) is 9.80 Å². The van der Waals surface area contributed by atoms with Gasteiger partial charge in [0.2, 0.25) is 5.91 Å². The predicted octanol–water partition coefficient (Wildman–Crippen LogP) is 1.84. The van der Waals surface area contributed by atoms with Crippen molar-refractivity contribution in [3.05, 3.63) is 24.8 Å². The van der Waals surface area contributed by atoms with Gasteiger partial charge < -0.3 is 9.80 Å². The molecule has 0 rings (SSSR count). The zero-order valence-electron chi connectivity index (χ0n) is 12.5. The Morgan fingerprint density at radius 1 is 1.10 bits per heavy atom. The van der Waals surface area contributed by atoms with Gasteiger partial charge in [0, 0.05) is 26.2 Å². The second-order valence-corrected chi connectivity index (χ2v) is 4.36. The second-order valence-electron chi connectivity index (χ2n) is 4.36. The van der Waals surface area contributed by atoms with Gasteiger partial charge in [-0.25, -0.2) is 0 Å². The zero-order valence-corrected chi connectivity index (χ0v) is 12.5. The normalized spacial score (nSPS) is 10.1. The van der Waals surface area contributed by atoms with Crippen molar-refractivity contribution in [1.82, 2.24) is 9.80 Å². The Kier molecular flexibility index (Phi) is 9.76. The maximum atomic E-state index is 11.6. The smallest absolute Gasteiger partial charge is 0.298 e. The van der Waals surface area contributed by atoms with E-state index in [1.807, 2.05) is 26.0 Å². The van der Waals surface area contributed by atoms with Crippen LogP contribution in [-0.4, -0.2) is 47.8 Å². The molecule has 0 heterocycles. The maximum Gasteiger partial charge on any atom is 0.298 e. The summed E-state index contributed by atoms with van der Waals surface area (Å²) in [5.41, 5.74) is 0. The fraction of sp³-hybridized carbons (Fsp3) is 0.500. The third kappa shape index (κ3) is 6.79. The first-order valence-electron chi connectivity index (χ1n) is 6.92. The quantitative estimate of drug-likeness (QED) is 0.366. The molecule has 0 bridgehead atoms. The van der Waals surface area contributed by atoms with Crippen LogP contribution in [0, 0.1) is 12.3 Å². The van der Waals surface area contributed by atoms with Gasteiger partial charge in [-0.1, -0.05) is 32.6 Å². The van der Waals surface area contributed by atoms with Crippen molar-refractivity contribution in [2.75, 3.05) is 26.2 Å². The zero-order chi connectivity index (χ0) is 15.4. The van der Waals surface area contributed by atoms with Crippen LogP contribution >= 0.6 is 0 Å². The first-order chi connectivity index (χ1) is 9.60. The van der Waals surface area contributed by atoms with Crippen molar-refractivity contribution >= 4 is 11.8 Å². The maximum absolute atomic E-state index is 11.6. The topological polar surface area (TPSA) is 40.6 Å². The number of carbonyl (C=O) groups excluding carboxylic acids is 2. The molecule has 0 N–H and O–H groups in total. The lowest BCUT2D eigenvalue weighted by atomic mass is 10.3. The molecule has 110 valence electrons. The highest BCUT2D eigenvalue weighted by atomic mass is 16.2. The minimum absolute atomic E-state index is 0.0818. The van der Waals surface area contributed by atoms with E-state index in [0.29, 0.717) is 26.2 Å². The summed E-state index contributed by atoms with van der Waals surface area (Å²) >= 11 is 0. The van der Waals surface area contributed by atoms with E-state index in [-0.39, 0.29) is 11.8 Å². The fourth-order valence-corrected chi connectivity index (χ4v) is 1.73. The summed E-state index contributed by atoms with van der Waals surface area (Å²) in [6.07, 6.45) is 11.9. The lowest BCUT2D eigenvalue weighted by molar-refractivity contribution is -0.126. The molecule has 2 amide bonds. The van der Waals surface area contributed by atoms with Crippen LogP contribution in [0.5, 0.6) is 0 Å². The van der Waals surface area contributed by atoms with Crippen LogP contribution < -0.4 is 0 Å². The molecule has 0 atom stereocenters. The van der Waals surface area contributed by atoms with Crippen molar-refractivity contribution in [2.24, 2.45) is 0 Å². The highest BCUT2D eigenvalue weighted by Gasteiger charge is 2.08. The van der Waals surface area contributed by atoms with Crippen molar-refractivity contribution in [3.8, 4) is 12.3 Å². The molecule has 4 heteroatoms. The highest BCUT2D eigenvalue weighted by Crippen LogP contribution is 1.97. The summed E-state index contributed by atoms with van der Waals surface area (Å²) in [5.74, 6) is 1.74. The standard InChI is InChI=1S/C16H24N2O2/c1-5-11-17(15(19)7-3)13-9-10-14-18(12-6-2)16(20)8-4/h3,8-10H,4-6,11-14H2,1-2H3/b10-9+. The van der Waals surface area contributed by atoms with Gasteiger partial charge in [-0.05, 0) is 24.8 Å². The molecule has 0 radical (unpaired) electrons. The molecule has 4 nitrogen and oxygen atoms in total. The Labute approximate surface area is 122 Å². The van der Waals surface area contributed by atoms with Crippen LogP contribution in [0.15, 0.2) is 24.8 Å². The molecule has 0 aromatic carbocycles. The largest absolute Gasteiger partial charge is 0.335 e. The molecule has 0 unspecified atom stereocenters. The summed E-state index contributed by atoms with van der Waals surface area (Å²) in [6, 6.07) is 0. The molecule has 0 spiro atoms. The van der Waals surface area contributed by atoms with Crippen LogP contribution in [0.25, 0.3) is 0 Å². The molecule has 0 aliphatic carbocycles. The van der Waals surface area contributed by atoms with Crippen molar-refractivity contribution < 1.29 is 9.59 Å². The lowest BCUT2D eigenvalue weighted by Gasteiger charge is -2.19. The van der Waals surface area contributed by atoms with Gasteiger partial charge in [-0.2, -0.15) is 0 Å². The predicted molar refractivity (Wildman–Crippen MR) is 81.9 cm³/mol. The number of hydrogen-bond acceptors (Lipinski definition) is 2. The Morgan fingerprint density at radius 3 is 2.05 bits per heavy atom. The molecule has 0 aromatic rings. The Bertz CT molecular complexity index is 394. The highest BCUT2D eigenvalue weighted by molar-refractivity contribution is 5.93. The molecular weight excluding hydrogens is 252 g/mol. The van der Waals surface area contributed by atoms with E-state index < -0.39 is 0 Å². The molecule has 0 saturated carbocycles. The number of carbonyl (C=O) groups is 2. The van der Waals surface area contributed by atoms with Crippen LogP contribution in [-0.2, 0) is 9.59 Å². The van der Waals surface area contributed by atoms with E-state index in [2.05, 4.69) is 12.5 Å². The van der Waals surface area contributed by atoms with Gasteiger partial charge >= 0.3 is 0 Å². The number of rotatable bonds is 9. The average molecular weight is 276 g/mol. The number of terminal acetylenes is 1. The second kappa shape index (κ2) is 10.9. The number of nitrogens with zero attached hydrogens (tertiary/aromatic N) is 2. The molecule has 20 heavy (non-hydrogen) atoms. The monoisotopic (exact) mass is 276 g/mol. The van der Waals surface area contributed by atoms with Crippen LogP contribution in [0.4, 0.5) is 0 Å². The summed E-state index contributed by atoms with van der Waals surface area (Å²) in [7, 11) is 0. The van der Waals surface area contributed by atoms with Crippen molar-refractivity contribution in [3.63, 3.8) is 0 Å². The van der Waals surface area contributed by atoms with Gasteiger partial charge in [0.25, 0.3) is 5.91 Å². The van der Waals surface area contributed by atoms with E-state index in [4.69, 9.17) is 6.42 Å². The minimum atomic E-state index is -0.302. The molecule has 0 aliphatic rings.